The van der Waals surface area contributed by atoms with E-state index in [-0.39, 0.29) is 6.04 Å². The minimum atomic E-state index is 0.186. The molecule has 0 saturated heterocycles. The highest BCUT2D eigenvalue weighted by Gasteiger charge is 2.22. The van der Waals surface area contributed by atoms with Gasteiger partial charge in [0.05, 0.1) is 6.04 Å². The quantitative estimate of drug-likeness (QED) is 0.681. The Bertz CT molecular complexity index is 840. The van der Waals surface area contributed by atoms with Crippen LogP contribution in [0, 0.1) is 0 Å². The summed E-state index contributed by atoms with van der Waals surface area (Å²) in [5.41, 5.74) is 4.72. The van der Waals surface area contributed by atoms with Crippen molar-refractivity contribution in [2.75, 3.05) is 6.61 Å². The smallest absolute Gasteiger partial charge is 0.217 e. The van der Waals surface area contributed by atoms with E-state index >= 15 is 0 Å². The summed E-state index contributed by atoms with van der Waals surface area (Å²) in [5.74, 6) is 0.760. The maximum absolute atomic E-state index is 5.94. The molecule has 1 aliphatic rings. The van der Waals surface area contributed by atoms with E-state index in [1.54, 1.807) is 0 Å². The molecule has 0 spiro atoms. The lowest BCUT2D eigenvalue weighted by atomic mass is 10.00. The molecule has 0 aliphatic carbocycles. The largest absolute Gasteiger partial charge is 0.475 e. The van der Waals surface area contributed by atoms with Crippen molar-refractivity contribution in [2.45, 2.75) is 12.5 Å². The SMILES string of the molecule is c1ccc(C[C@H]2COC(c3ccccc3-c3ccccc3)=N2)cc1. The van der Waals surface area contributed by atoms with Gasteiger partial charge in [0.1, 0.15) is 6.61 Å². The first-order valence-corrected chi connectivity index (χ1v) is 8.29. The number of benzene rings is 3. The summed E-state index contributed by atoms with van der Waals surface area (Å²) in [6.45, 7) is 0.646. The minimum Gasteiger partial charge on any atom is -0.475 e. The van der Waals surface area contributed by atoms with Crippen LogP contribution >= 0.6 is 0 Å². The number of hydrogen-bond donors (Lipinski definition) is 0. The Kier molecular flexibility index (Phi) is 4.11. The van der Waals surface area contributed by atoms with Crippen molar-refractivity contribution in [2.24, 2.45) is 4.99 Å². The fourth-order valence-corrected chi connectivity index (χ4v) is 3.09. The standard InChI is InChI=1S/C22H19NO/c1-3-9-17(10-4-1)15-19-16-24-22(23-19)21-14-8-7-13-20(21)18-11-5-2-6-12-18/h1-14,19H,15-16H2/t19-/m0/s1. The lowest BCUT2D eigenvalue weighted by Crippen LogP contribution is -2.09. The number of nitrogens with zero attached hydrogens (tertiary/aromatic N) is 1. The molecule has 1 heterocycles. The molecule has 24 heavy (non-hydrogen) atoms. The Labute approximate surface area is 142 Å². The van der Waals surface area contributed by atoms with E-state index in [2.05, 4.69) is 66.7 Å². The van der Waals surface area contributed by atoms with E-state index in [0.717, 1.165) is 23.4 Å². The summed E-state index contributed by atoms with van der Waals surface area (Å²) in [7, 11) is 0. The van der Waals surface area contributed by atoms with Crippen molar-refractivity contribution in [3.63, 3.8) is 0 Å². The van der Waals surface area contributed by atoms with Crippen LogP contribution in [0.1, 0.15) is 11.1 Å². The highest BCUT2D eigenvalue weighted by molar-refractivity contribution is 6.01. The molecule has 2 nitrogen and oxygen atoms in total. The monoisotopic (exact) mass is 313 g/mol. The average molecular weight is 313 g/mol. The van der Waals surface area contributed by atoms with Gasteiger partial charge in [-0.2, -0.15) is 0 Å². The van der Waals surface area contributed by atoms with E-state index in [0.29, 0.717) is 6.61 Å². The third kappa shape index (κ3) is 3.09. The molecule has 0 fully saturated rings. The van der Waals surface area contributed by atoms with Gasteiger partial charge < -0.3 is 4.74 Å². The first-order chi connectivity index (χ1) is 11.9. The van der Waals surface area contributed by atoms with Gasteiger partial charge in [-0.3, -0.25) is 0 Å². The van der Waals surface area contributed by atoms with E-state index in [1.807, 2.05) is 18.2 Å². The van der Waals surface area contributed by atoms with Gasteiger partial charge in [0, 0.05) is 5.56 Å². The number of rotatable bonds is 4. The molecule has 1 aliphatic heterocycles. The third-order valence-corrected chi connectivity index (χ3v) is 4.27. The third-order valence-electron chi connectivity index (χ3n) is 4.27. The summed E-state index contributed by atoms with van der Waals surface area (Å²) >= 11 is 0. The van der Waals surface area contributed by atoms with Gasteiger partial charge >= 0.3 is 0 Å². The van der Waals surface area contributed by atoms with E-state index in [1.165, 1.54) is 11.1 Å². The van der Waals surface area contributed by atoms with Crippen LogP contribution < -0.4 is 0 Å². The Morgan fingerprint density at radius 1 is 0.750 bits per heavy atom. The van der Waals surface area contributed by atoms with Crippen molar-refractivity contribution in [3.05, 3.63) is 96.1 Å². The van der Waals surface area contributed by atoms with Crippen LogP contribution in [-0.2, 0) is 11.2 Å². The zero-order valence-electron chi connectivity index (χ0n) is 13.4. The molecule has 0 radical (unpaired) electrons. The first-order valence-electron chi connectivity index (χ1n) is 8.29. The van der Waals surface area contributed by atoms with Crippen molar-refractivity contribution in [1.82, 2.24) is 0 Å². The number of ether oxygens (including phenoxy) is 1. The van der Waals surface area contributed by atoms with Crippen LogP contribution in [0.15, 0.2) is 89.9 Å². The topological polar surface area (TPSA) is 21.6 Å². The molecule has 0 bridgehead atoms. The van der Waals surface area contributed by atoms with E-state index < -0.39 is 0 Å². The van der Waals surface area contributed by atoms with Crippen LogP contribution in [0.4, 0.5) is 0 Å². The number of hydrogen-bond acceptors (Lipinski definition) is 2. The molecular weight excluding hydrogens is 294 g/mol. The lowest BCUT2D eigenvalue weighted by molar-refractivity contribution is 0.317. The summed E-state index contributed by atoms with van der Waals surface area (Å²) in [5, 5.41) is 0. The Morgan fingerprint density at radius 3 is 2.12 bits per heavy atom. The summed E-state index contributed by atoms with van der Waals surface area (Å²) < 4.78 is 5.94. The Balaban J connectivity index is 1.62. The molecule has 0 saturated carbocycles. The van der Waals surface area contributed by atoms with Crippen LogP contribution in [0.25, 0.3) is 11.1 Å². The van der Waals surface area contributed by atoms with Gasteiger partial charge in [-0.25, -0.2) is 4.99 Å². The van der Waals surface area contributed by atoms with Crippen molar-refractivity contribution < 1.29 is 4.74 Å². The molecule has 4 rings (SSSR count). The Hall–Kier alpha value is -2.87. The van der Waals surface area contributed by atoms with Gasteiger partial charge in [-0.15, -0.1) is 0 Å². The second-order valence-corrected chi connectivity index (χ2v) is 6.00. The van der Waals surface area contributed by atoms with Gasteiger partial charge in [0.25, 0.3) is 0 Å². The van der Waals surface area contributed by atoms with Crippen LogP contribution in [0.3, 0.4) is 0 Å². The highest BCUT2D eigenvalue weighted by Crippen LogP contribution is 2.26. The van der Waals surface area contributed by atoms with E-state index in [4.69, 9.17) is 9.73 Å². The lowest BCUT2D eigenvalue weighted by Gasteiger charge is -2.09. The maximum atomic E-state index is 5.94. The predicted octanol–water partition coefficient (Wildman–Crippen LogP) is 4.74. The molecule has 0 aromatic heterocycles. The van der Waals surface area contributed by atoms with Crippen molar-refractivity contribution in [1.29, 1.82) is 0 Å². The molecule has 1 atom stereocenters. The molecule has 0 amide bonds. The first kappa shape index (κ1) is 14.7. The van der Waals surface area contributed by atoms with Gasteiger partial charge in [0.2, 0.25) is 5.90 Å². The maximum Gasteiger partial charge on any atom is 0.217 e. The fraction of sp³-hybridized carbons (Fsp3) is 0.136. The van der Waals surface area contributed by atoms with Crippen LogP contribution in [0.2, 0.25) is 0 Å². The van der Waals surface area contributed by atoms with Crippen LogP contribution in [0.5, 0.6) is 0 Å². The van der Waals surface area contributed by atoms with Gasteiger partial charge in [-0.05, 0) is 29.2 Å². The summed E-state index contributed by atoms with van der Waals surface area (Å²) in [4.78, 5) is 4.83. The molecular formula is C22H19NO. The second kappa shape index (κ2) is 6.71. The van der Waals surface area contributed by atoms with Crippen molar-refractivity contribution >= 4 is 5.90 Å². The van der Waals surface area contributed by atoms with Gasteiger partial charge in [0.15, 0.2) is 0 Å². The van der Waals surface area contributed by atoms with E-state index in [9.17, 15) is 0 Å². The average Bonchev–Trinajstić information content (AvgIpc) is 3.12. The molecule has 2 heteroatoms. The van der Waals surface area contributed by atoms with Gasteiger partial charge in [-0.1, -0.05) is 78.9 Å². The number of aliphatic imine (C=N–C) groups is 1. The normalized spacial score (nSPS) is 16.5. The predicted molar refractivity (Wildman–Crippen MR) is 98.3 cm³/mol. The summed E-state index contributed by atoms with van der Waals surface area (Å²) in [6, 6.07) is 29.4. The molecule has 3 aromatic rings. The summed E-state index contributed by atoms with van der Waals surface area (Å²) in [6.07, 6.45) is 0.915. The molecule has 0 N–H and O–H groups in total. The molecule has 0 unspecified atom stereocenters. The fourth-order valence-electron chi connectivity index (χ4n) is 3.09. The zero-order valence-corrected chi connectivity index (χ0v) is 13.4. The van der Waals surface area contributed by atoms with Crippen molar-refractivity contribution in [3.8, 4) is 11.1 Å². The molecule has 3 aromatic carbocycles. The Morgan fingerprint density at radius 2 is 1.38 bits per heavy atom. The second-order valence-electron chi connectivity index (χ2n) is 6.00. The highest BCUT2D eigenvalue weighted by atomic mass is 16.5. The zero-order chi connectivity index (χ0) is 16.2. The minimum absolute atomic E-state index is 0.186. The van der Waals surface area contributed by atoms with Crippen LogP contribution in [-0.4, -0.2) is 18.5 Å². The molecule has 118 valence electrons.